The Bertz CT molecular complexity index is 219. The maximum absolute atomic E-state index is 11.3. The largest absolute Gasteiger partial charge is 0.457 e. The molecule has 0 aliphatic rings. The molecule has 0 radical (unpaired) electrons. The van der Waals surface area contributed by atoms with Gasteiger partial charge in [-0.3, -0.25) is 0 Å². The number of nitrogens with one attached hydrogen (secondary N) is 1. The molecule has 0 amide bonds. The summed E-state index contributed by atoms with van der Waals surface area (Å²) >= 11 is 0. The molecule has 2 atom stereocenters. The molecular formula is C11H21NO2. The first-order chi connectivity index (χ1) is 6.37. The van der Waals surface area contributed by atoms with E-state index < -0.39 is 0 Å². The lowest BCUT2D eigenvalue weighted by atomic mass is 9.93. The van der Waals surface area contributed by atoms with E-state index in [4.69, 9.17) is 4.74 Å². The maximum atomic E-state index is 11.3. The molecule has 0 bridgehead atoms. The number of hydrogen-bond acceptors (Lipinski definition) is 3. The Morgan fingerprint density at radius 1 is 1.64 bits per heavy atom. The molecule has 0 saturated carbocycles. The Labute approximate surface area is 86.5 Å². The summed E-state index contributed by atoms with van der Waals surface area (Å²) < 4.78 is 5.26. The summed E-state index contributed by atoms with van der Waals surface area (Å²) in [5, 5.41) is 3.17. The van der Waals surface area contributed by atoms with Crippen molar-refractivity contribution in [1.82, 2.24) is 5.32 Å². The average molecular weight is 199 g/mol. The molecule has 0 aromatic heterocycles. The molecule has 0 spiro atoms. The van der Waals surface area contributed by atoms with E-state index in [1.54, 1.807) is 6.92 Å². The summed E-state index contributed by atoms with van der Waals surface area (Å²) in [7, 11) is 1.87. The van der Waals surface area contributed by atoms with Gasteiger partial charge in [0.25, 0.3) is 0 Å². The number of carbonyl (C=O) groups excluding carboxylic acids is 1. The highest BCUT2D eigenvalue weighted by atomic mass is 16.5. The number of esters is 1. The van der Waals surface area contributed by atoms with Gasteiger partial charge in [-0.15, -0.1) is 0 Å². The van der Waals surface area contributed by atoms with Gasteiger partial charge in [0.15, 0.2) is 0 Å². The summed E-state index contributed by atoms with van der Waals surface area (Å²) in [5.41, 5.74) is 0.261. The predicted molar refractivity (Wildman–Crippen MR) is 58.1 cm³/mol. The lowest BCUT2D eigenvalue weighted by Crippen LogP contribution is -2.50. The summed E-state index contributed by atoms with van der Waals surface area (Å²) in [4.78, 5) is 11.3. The molecule has 82 valence electrons. The molecule has 14 heavy (non-hydrogen) atoms. The number of carbonyl (C=O) groups is 1. The summed E-state index contributed by atoms with van der Waals surface area (Å²) in [5.74, 6) is -0.326. The van der Waals surface area contributed by atoms with Crippen LogP contribution in [0.4, 0.5) is 0 Å². The Kier molecular flexibility index (Phi) is 4.85. The quantitative estimate of drug-likeness (QED) is 0.542. The van der Waals surface area contributed by atoms with Crippen LogP contribution in [-0.2, 0) is 9.53 Å². The first kappa shape index (κ1) is 13.2. The minimum Gasteiger partial charge on any atom is -0.457 e. The van der Waals surface area contributed by atoms with Gasteiger partial charge in [-0.2, -0.15) is 0 Å². The topological polar surface area (TPSA) is 38.3 Å². The van der Waals surface area contributed by atoms with E-state index in [0.29, 0.717) is 5.57 Å². The highest BCUT2D eigenvalue weighted by Gasteiger charge is 2.30. The lowest BCUT2D eigenvalue weighted by molar-refractivity contribution is -0.147. The zero-order valence-electron chi connectivity index (χ0n) is 9.81. The Morgan fingerprint density at radius 3 is 2.43 bits per heavy atom. The van der Waals surface area contributed by atoms with E-state index in [1.807, 2.05) is 20.9 Å². The zero-order chi connectivity index (χ0) is 11.4. The summed E-state index contributed by atoms with van der Waals surface area (Å²) in [6.07, 6.45) is 0.732. The van der Waals surface area contributed by atoms with E-state index in [0.717, 1.165) is 6.42 Å². The molecule has 3 nitrogen and oxygen atoms in total. The van der Waals surface area contributed by atoms with Crippen LogP contribution in [0.5, 0.6) is 0 Å². The molecule has 0 fully saturated rings. The van der Waals surface area contributed by atoms with Gasteiger partial charge >= 0.3 is 5.97 Å². The second-order valence-corrected chi connectivity index (χ2v) is 3.85. The Morgan fingerprint density at radius 2 is 2.14 bits per heavy atom. The second-order valence-electron chi connectivity index (χ2n) is 3.85. The molecule has 0 aliphatic heterocycles. The smallest absolute Gasteiger partial charge is 0.333 e. The van der Waals surface area contributed by atoms with E-state index >= 15 is 0 Å². The fourth-order valence-electron chi connectivity index (χ4n) is 1.06. The standard InChI is InChI=1S/C11H21NO2/c1-7-11(5,12-6)9(4)14-10(13)8(2)3/h9,12H,2,7H2,1,3-6H3. The van der Waals surface area contributed by atoms with Crippen molar-refractivity contribution in [2.24, 2.45) is 0 Å². The monoisotopic (exact) mass is 199 g/mol. The van der Waals surface area contributed by atoms with Crippen LogP contribution in [-0.4, -0.2) is 24.7 Å². The van der Waals surface area contributed by atoms with Crippen molar-refractivity contribution in [3.05, 3.63) is 12.2 Å². The molecule has 3 heteroatoms. The van der Waals surface area contributed by atoms with Crippen LogP contribution in [0.25, 0.3) is 0 Å². The van der Waals surface area contributed by atoms with Crippen molar-refractivity contribution in [3.8, 4) is 0 Å². The van der Waals surface area contributed by atoms with Gasteiger partial charge in [-0.25, -0.2) is 4.79 Å². The van der Waals surface area contributed by atoms with E-state index in [2.05, 4.69) is 18.8 Å². The second kappa shape index (κ2) is 5.15. The van der Waals surface area contributed by atoms with Crippen molar-refractivity contribution in [1.29, 1.82) is 0 Å². The van der Waals surface area contributed by atoms with Crippen LogP contribution in [0.15, 0.2) is 12.2 Å². The first-order valence-electron chi connectivity index (χ1n) is 4.92. The fraction of sp³-hybridized carbons (Fsp3) is 0.727. The molecule has 0 heterocycles. The molecule has 0 aromatic carbocycles. The SMILES string of the molecule is C=C(C)C(=O)OC(C)C(C)(CC)NC. The van der Waals surface area contributed by atoms with Gasteiger partial charge in [0.1, 0.15) is 6.10 Å². The van der Waals surface area contributed by atoms with Crippen LogP contribution in [0.2, 0.25) is 0 Å². The van der Waals surface area contributed by atoms with Gasteiger partial charge in [0.05, 0.1) is 5.54 Å². The highest BCUT2D eigenvalue weighted by molar-refractivity contribution is 5.87. The van der Waals surface area contributed by atoms with Gasteiger partial charge < -0.3 is 10.1 Å². The first-order valence-corrected chi connectivity index (χ1v) is 4.92. The molecule has 0 aliphatic carbocycles. The minimum atomic E-state index is -0.326. The number of ether oxygens (including phenoxy) is 1. The highest BCUT2D eigenvalue weighted by Crippen LogP contribution is 2.17. The van der Waals surface area contributed by atoms with E-state index in [-0.39, 0.29) is 17.6 Å². The van der Waals surface area contributed by atoms with Crippen molar-refractivity contribution >= 4 is 5.97 Å². The Balaban J connectivity index is 4.39. The molecule has 2 unspecified atom stereocenters. The third-order valence-electron chi connectivity index (χ3n) is 2.84. The van der Waals surface area contributed by atoms with Crippen LogP contribution in [0.1, 0.15) is 34.1 Å². The predicted octanol–water partition coefficient (Wildman–Crippen LogP) is 1.88. The van der Waals surface area contributed by atoms with Crippen LogP contribution >= 0.6 is 0 Å². The summed E-state index contributed by atoms with van der Waals surface area (Å²) in [6, 6.07) is 0. The van der Waals surface area contributed by atoms with Gasteiger partial charge in [-0.05, 0) is 34.2 Å². The van der Waals surface area contributed by atoms with Crippen molar-refractivity contribution < 1.29 is 9.53 Å². The molecule has 1 N–H and O–H groups in total. The number of likely N-dealkylation sites (N-methyl/N-ethyl adjacent to an activating group) is 1. The van der Waals surface area contributed by atoms with E-state index in [9.17, 15) is 4.79 Å². The Hall–Kier alpha value is -0.830. The fourth-order valence-corrected chi connectivity index (χ4v) is 1.06. The van der Waals surface area contributed by atoms with Crippen LogP contribution < -0.4 is 5.32 Å². The third kappa shape index (κ3) is 3.14. The average Bonchev–Trinajstić information content (AvgIpc) is 2.16. The molecule has 0 saturated heterocycles. The normalized spacial score (nSPS) is 16.9. The lowest BCUT2D eigenvalue weighted by Gasteiger charge is -2.33. The van der Waals surface area contributed by atoms with E-state index in [1.165, 1.54) is 0 Å². The zero-order valence-corrected chi connectivity index (χ0v) is 9.81. The number of hydrogen-bond donors (Lipinski definition) is 1. The van der Waals surface area contributed by atoms with Crippen LogP contribution in [0, 0.1) is 0 Å². The minimum absolute atomic E-state index is 0.165. The third-order valence-corrected chi connectivity index (χ3v) is 2.84. The molecule has 0 aromatic rings. The maximum Gasteiger partial charge on any atom is 0.333 e. The van der Waals surface area contributed by atoms with Crippen molar-refractivity contribution in [3.63, 3.8) is 0 Å². The van der Waals surface area contributed by atoms with Crippen molar-refractivity contribution in [2.75, 3.05) is 7.05 Å². The molecule has 0 rings (SSSR count). The van der Waals surface area contributed by atoms with Crippen LogP contribution in [0.3, 0.4) is 0 Å². The van der Waals surface area contributed by atoms with Gasteiger partial charge in [0.2, 0.25) is 0 Å². The van der Waals surface area contributed by atoms with Gasteiger partial charge in [0, 0.05) is 5.57 Å². The molecular weight excluding hydrogens is 178 g/mol. The number of rotatable bonds is 5. The van der Waals surface area contributed by atoms with Gasteiger partial charge in [-0.1, -0.05) is 13.5 Å². The van der Waals surface area contributed by atoms with Crippen molar-refractivity contribution in [2.45, 2.75) is 45.8 Å². The summed E-state index contributed by atoms with van der Waals surface area (Å²) in [6.45, 7) is 11.2.